The second kappa shape index (κ2) is 7.08. The number of fused-ring (bicyclic) bond motifs is 1. The fraction of sp³-hybridized carbons (Fsp3) is 0.0625. The van der Waals surface area contributed by atoms with E-state index in [1.54, 1.807) is 35.1 Å². The Balaban J connectivity index is 1.56. The van der Waals surface area contributed by atoms with Gasteiger partial charge in [0.2, 0.25) is 0 Å². The summed E-state index contributed by atoms with van der Waals surface area (Å²) in [6.07, 6.45) is 3.04. The largest absolute Gasteiger partial charge is 0.276 e. The first-order valence-corrected chi connectivity index (χ1v) is 10.6. The molecular formula is C16H11Cl2N5O2S2. The Bertz CT molecular complexity index is 1240. The number of nitrogens with zero attached hydrogens (tertiary/aromatic N) is 4. The summed E-state index contributed by atoms with van der Waals surface area (Å²) in [6.45, 7) is 0.421. The number of halogens is 2. The Morgan fingerprint density at radius 3 is 2.78 bits per heavy atom. The molecule has 0 atom stereocenters. The van der Waals surface area contributed by atoms with Gasteiger partial charge in [0.25, 0.3) is 10.0 Å². The van der Waals surface area contributed by atoms with Crippen LogP contribution in [-0.2, 0) is 16.6 Å². The van der Waals surface area contributed by atoms with E-state index < -0.39 is 10.0 Å². The number of hydrogen-bond donors (Lipinski definition) is 1. The van der Waals surface area contributed by atoms with Crippen LogP contribution in [0.15, 0.2) is 53.7 Å². The van der Waals surface area contributed by atoms with Crippen molar-refractivity contribution in [2.45, 2.75) is 11.4 Å². The minimum atomic E-state index is -3.82. The third kappa shape index (κ3) is 3.77. The van der Waals surface area contributed by atoms with Crippen molar-refractivity contribution >= 4 is 61.7 Å². The molecule has 1 N–H and O–H groups in total. The summed E-state index contributed by atoms with van der Waals surface area (Å²) >= 11 is 12.9. The molecule has 0 aliphatic carbocycles. The maximum Gasteiger partial charge on any atom is 0.264 e. The zero-order chi connectivity index (χ0) is 19.0. The van der Waals surface area contributed by atoms with Gasteiger partial charge in [-0.2, -0.15) is 13.8 Å². The van der Waals surface area contributed by atoms with Crippen molar-refractivity contribution in [3.8, 4) is 0 Å². The number of sulfonamides is 1. The van der Waals surface area contributed by atoms with Crippen molar-refractivity contribution in [1.82, 2.24) is 18.5 Å². The fourth-order valence-electron chi connectivity index (χ4n) is 2.54. The van der Waals surface area contributed by atoms with E-state index in [1.807, 2.05) is 6.07 Å². The summed E-state index contributed by atoms with van der Waals surface area (Å²) in [4.78, 5) is 0.0750. The van der Waals surface area contributed by atoms with Gasteiger partial charge < -0.3 is 0 Å². The van der Waals surface area contributed by atoms with Gasteiger partial charge in [0.05, 0.1) is 40.2 Å². The van der Waals surface area contributed by atoms with Crippen LogP contribution in [0.3, 0.4) is 0 Å². The number of anilines is 1. The molecular weight excluding hydrogens is 429 g/mol. The molecule has 4 rings (SSSR count). The average Bonchev–Trinajstić information content (AvgIpc) is 3.26. The average molecular weight is 440 g/mol. The molecule has 0 fully saturated rings. The summed E-state index contributed by atoms with van der Waals surface area (Å²) in [5.74, 6) is 0. The first kappa shape index (κ1) is 18.2. The second-order valence-electron chi connectivity index (χ2n) is 5.67. The monoisotopic (exact) mass is 439 g/mol. The Labute approximate surface area is 168 Å². The van der Waals surface area contributed by atoms with E-state index in [-0.39, 0.29) is 4.90 Å². The summed E-state index contributed by atoms with van der Waals surface area (Å²) in [6, 6.07) is 10.1. The van der Waals surface area contributed by atoms with Gasteiger partial charge in [-0.15, -0.1) is 0 Å². The smallest absolute Gasteiger partial charge is 0.264 e. The van der Waals surface area contributed by atoms with E-state index in [1.165, 1.54) is 12.3 Å². The molecule has 11 heteroatoms. The number of aromatic nitrogens is 4. The van der Waals surface area contributed by atoms with Crippen molar-refractivity contribution in [3.05, 3.63) is 64.4 Å². The van der Waals surface area contributed by atoms with E-state index in [4.69, 9.17) is 23.2 Å². The van der Waals surface area contributed by atoms with Gasteiger partial charge in [0, 0.05) is 6.20 Å². The highest BCUT2D eigenvalue weighted by atomic mass is 35.5. The highest BCUT2D eigenvalue weighted by Crippen LogP contribution is 2.25. The van der Waals surface area contributed by atoms with Crippen LogP contribution >= 0.6 is 34.9 Å². The standard InChI is InChI=1S/C16H11Cl2N5O2S2/c17-12-5-4-10(6-13(12)18)8-23-9-11(7-19-23)22-27(24,25)15-3-1-2-14-16(15)21-26-20-14/h1-7,9,22H,8H2. The van der Waals surface area contributed by atoms with Gasteiger partial charge in [-0.25, -0.2) is 8.42 Å². The maximum atomic E-state index is 12.7. The van der Waals surface area contributed by atoms with E-state index in [0.717, 1.165) is 17.3 Å². The fourth-order valence-corrected chi connectivity index (χ4v) is 4.65. The molecule has 2 heterocycles. The Hall–Kier alpha value is -2.20. The van der Waals surface area contributed by atoms with Crippen molar-refractivity contribution in [3.63, 3.8) is 0 Å². The predicted molar refractivity (Wildman–Crippen MR) is 106 cm³/mol. The normalized spacial score (nSPS) is 11.8. The van der Waals surface area contributed by atoms with Crippen LogP contribution in [0.2, 0.25) is 10.0 Å². The van der Waals surface area contributed by atoms with E-state index in [9.17, 15) is 8.42 Å². The topological polar surface area (TPSA) is 89.8 Å². The highest BCUT2D eigenvalue weighted by Gasteiger charge is 2.20. The molecule has 7 nitrogen and oxygen atoms in total. The van der Waals surface area contributed by atoms with Gasteiger partial charge in [-0.05, 0) is 29.8 Å². The third-order valence-electron chi connectivity index (χ3n) is 3.75. The highest BCUT2D eigenvalue weighted by molar-refractivity contribution is 7.93. The van der Waals surface area contributed by atoms with Crippen molar-refractivity contribution < 1.29 is 8.42 Å². The van der Waals surface area contributed by atoms with Crippen LogP contribution in [0.5, 0.6) is 0 Å². The third-order valence-corrected chi connectivity index (χ3v) is 6.45. The van der Waals surface area contributed by atoms with Crippen LogP contribution in [0.25, 0.3) is 11.0 Å². The molecule has 0 amide bonds. The van der Waals surface area contributed by atoms with Crippen LogP contribution in [0.1, 0.15) is 5.56 Å². The lowest BCUT2D eigenvalue weighted by atomic mass is 10.2. The summed E-state index contributed by atoms with van der Waals surface area (Å²) < 4.78 is 37.7. The van der Waals surface area contributed by atoms with Gasteiger partial charge in [-0.3, -0.25) is 9.40 Å². The van der Waals surface area contributed by atoms with E-state index in [0.29, 0.717) is 33.3 Å². The zero-order valence-electron chi connectivity index (χ0n) is 13.5. The van der Waals surface area contributed by atoms with Crippen LogP contribution in [0.4, 0.5) is 5.69 Å². The minimum Gasteiger partial charge on any atom is -0.276 e. The molecule has 0 aliphatic rings. The number of rotatable bonds is 5. The lowest BCUT2D eigenvalue weighted by Crippen LogP contribution is -2.13. The van der Waals surface area contributed by atoms with Crippen LogP contribution < -0.4 is 4.72 Å². The SMILES string of the molecule is O=S(=O)(Nc1cnn(Cc2ccc(Cl)c(Cl)c2)c1)c1cccc2nsnc12. The molecule has 0 saturated heterocycles. The number of nitrogens with one attached hydrogen (secondary N) is 1. The lowest BCUT2D eigenvalue weighted by Gasteiger charge is -2.06. The molecule has 0 unspecified atom stereocenters. The van der Waals surface area contributed by atoms with Crippen LogP contribution in [-0.4, -0.2) is 26.9 Å². The van der Waals surface area contributed by atoms with Crippen molar-refractivity contribution in [2.75, 3.05) is 4.72 Å². The minimum absolute atomic E-state index is 0.0750. The Morgan fingerprint density at radius 2 is 1.96 bits per heavy atom. The molecule has 0 radical (unpaired) electrons. The number of hydrogen-bond acceptors (Lipinski definition) is 6. The van der Waals surface area contributed by atoms with Gasteiger partial charge in [0.15, 0.2) is 0 Å². The molecule has 0 bridgehead atoms. The molecule has 2 aromatic carbocycles. The van der Waals surface area contributed by atoms with E-state index >= 15 is 0 Å². The van der Waals surface area contributed by atoms with Crippen molar-refractivity contribution in [1.29, 1.82) is 0 Å². The van der Waals surface area contributed by atoms with E-state index in [2.05, 4.69) is 18.6 Å². The lowest BCUT2D eigenvalue weighted by molar-refractivity contribution is 0.602. The molecule has 0 aliphatic heterocycles. The Kier molecular flexibility index (Phi) is 4.77. The van der Waals surface area contributed by atoms with Gasteiger partial charge in [0.1, 0.15) is 15.9 Å². The molecule has 27 heavy (non-hydrogen) atoms. The molecule has 0 saturated carbocycles. The summed E-state index contributed by atoms with van der Waals surface area (Å²) in [7, 11) is -3.82. The first-order valence-electron chi connectivity index (χ1n) is 7.63. The number of benzene rings is 2. The maximum absolute atomic E-state index is 12.7. The van der Waals surface area contributed by atoms with Gasteiger partial charge >= 0.3 is 0 Å². The molecule has 4 aromatic rings. The van der Waals surface area contributed by atoms with Gasteiger partial charge in [-0.1, -0.05) is 35.3 Å². The molecule has 138 valence electrons. The predicted octanol–water partition coefficient (Wildman–Crippen LogP) is 4.04. The second-order valence-corrected chi connectivity index (χ2v) is 8.66. The zero-order valence-corrected chi connectivity index (χ0v) is 16.6. The van der Waals surface area contributed by atoms with Crippen LogP contribution in [0, 0.1) is 0 Å². The molecule has 2 aromatic heterocycles. The summed E-state index contributed by atoms with van der Waals surface area (Å²) in [5, 5.41) is 5.10. The summed E-state index contributed by atoms with van der Waals surface area (Å²) in [5.41, 5.74) is 2.12. The van der Waals surface area contributed by atoms with Crippen molar-refractivity contribution in [2.24, 2.45) is 0 Å². The first-order chi connectivity index (χ1) is 12.9. The molecule has 0 spiro atoms. The Morgan fingerprint density at radius 1 is 1.11 bits per heavy atom. The quantitative estimate of drug-likeness (QED) is 0.506.